The number of β-amino-alcohol motifs (C(OH)–C–C–N with tert-alkyl or cyclic N) is 1. The summed E-state index contributed by atoms with van der Waals surface area (Å²) in [6, 6.07) is 8.40. The number of rotatable bonds is 7. The van der Waals surface area contributed by atoms with Crippen LogP contribution in [-0.2, 0) is 10.9 Å². The first kappa shape index (κ1) is 28.2. The number of benzene rings is 2. The second-order valence-electron chi connectivity index (χ2n) is 9.38. The number of ether oxygens (including phenoxy) is 1. The highest BCUT2D eigenvalue weighted by Crippen LogP contribution is 2.38. The van der Waals surface area contributed by atoms with E-state index in [-0.39, 0.29) is 12.4 Å². The average molecular weight is 579 g/mol. The largest absolute Gasteiger partial charge is 0.506 e. The van der Waals surface area contributed by atoms with Crippen molar-refractivity contribution < 1.29 is 46.2 Å². The van der Waals surface area contributed by atoms with Crippen LogP contribution in [0.15, 0.2) is 53.2 Å². The van der Waals surface area contributed by atoms with Gasteiger partial charge in [0.25, 0.3) is 5.89 Å². The SMILES string of the molecule is O=C(O)O[C@H]1CCCN(C[C@@H](O)c2ccc(-c3noc(-c4cnn(-c5ccc(F)cc5F)c4C(F)(F)F)n3)cc2)C1. The van der Waals surface area contributed by atoms with Crippen molar-refractivity contribution >= 4 is 6.16 Å². The van der Waals surface area contributed by atoms with E-state index >= 15 is 0 Å². The Morgan fingerprint density at radius 3 is 2.61 bits per heavy atom. The molecule has 2 aromatic heterocycles. The van der Waals surface area contributed by atoms with Crippen molar-refractivity contribution in [3.05, 3.63) is 71.6 Å². The highest BCUT2D eigenvalue weighted by Gasteiger charge is 2.41. The zero-order chi connectivity index (χ0) is 29.3. The van der Waals surface area contributed by atoms with E-state index in [1.165, 1.54) is 0 Å². The molecule has 1 saturated heterocycles. The summed E-state index contributed by atoms with van der Waals surface area (Å²) in [5.41, 5.74) is -1.67. The number of carboxylic acid groups (broad SMARTS) is 1. The second-order valence-corrected chi connectivity index (χ2v) is 9.38. The molecule has 0 amide bonds. The lowest BCUT2D eigenvalue weighted by Gasteiger charge is -2.33. The molecule has 0 bridgehead atoms. The van der Waals surface area contributed by atoms with E-state index in [4.69, 9.17) is 14.4 Å². The van der Waals surface area contributed by atoms with Crippen molar-refractivity contribution in [3.63, 3.8) is 0 Å². The van der Waals surface area contributed by atoms with E-state index in [9.17, 15) is 31.9 Å². The zero-order valence-corrected chi connectivity index (χ0v) is 21.1. The van der Waals surface area contributed by atoms with Crippen LogP contribution >= 0.6 is 0 Å². The standard InChI is InChI=1S/C26H22F5N5O5/c27-16-7-8-20(19(28)10-16)36-22(26(29,30)31)18(11-32-36)24-33-23(34-41-24)15-5-3-14(4-6-15)21(37)13-35-9-1-2-17(12-35)40-25(38)39/h3-8,10-11,17,21,37H,1-2,9,12-13H2,(H,38,39)/t17-,21+/m0/s1. The van der Waals surface area contributed by atoms with E-state index in [2.05, 4.69) is 15.2 Å². The molecule has 1 aliphatic heterocycles. The average Bonchev–Trinajstić information content (AvgIpc) is 3.56. The molecule has 2 atom stereocenters. The number of aromatic nitrogens is 4. The molecule has 0 unspecified atom stereocenters. The fourth-order valence-corrected chi connectivity index (χ4v) is 4.69. The second kappa shape index (κ2) is 11.2. The predicted octanol–water partition coefficient (Wildman–Crippen LogP) is 5.08. The third-order valence-electron chi connectivity index (χ3n) is 6.55. The fraction of sp³-hybridized carbons (Fsp3) is 0.308. The van der Waals surface area contributed by atoms with Crippen LogP contribution < -0.4 is 0 Å². The number of aliphatic hydroxyl groups excluding tert-OH is 1. The quantitative estimate of drug-likeness (QED) is 0.228. The third kappa shape index (κ3) is 6.20. The first-order chi connectivity index (χ1) is 19.5. The van der Waals surface area contributed by atoms with E-state index in [1.54, 1.807) is 24.3 Å². The molecule has 216 valence electrons. The molecule has 0 aliphatic carbocycles. The van der Waals surface area contributed by atoms with Crippen LogP contribution in [0.25, 0.3) is 28.5 Å². The monoisotopic (exact) mass is 579 g/mol. The van der Waals surface area contributed by atoms with Crippen LogP contribution in [0.5, 0.6) is 0 Å². The summed E-state index contributed by atoms with van der Waals surface area (Å²) in [4.78, 5) is 16.8. The molecular formula is C26H22F5N5O5. The van der Waals surface area contributed by atoms with E-state index < -0.39 is 59.0 Å². The number of hydrogen-bond acceptors (Lipinski definition) is 8. The van der Waals surface area contributed by atoms with Crippen molar-refractivity contribution in [2.45, 2.75) is 31.2 Å². The Balaban J connectivity index is 1.34. The lowest BCUT2D eigenvalue weighted by atomic mass is 10.0. The summed E-state index contributed by atoms with van der Waals surface area (Å²) < 4.78 is 79.8. The molecular weight excluding hydrogens is 557 g/mol. The maximum absolute atomic E-state index is 14.3. The zero-order valence-electron chi connectivity index (χ0n) is 21.1. The van der Waals surface area contributed by atoms with Crippen molar-refractivity contribution in [2.24, 2.45) is 0 Å². The normalized spacial score (nSPS) is 17.0. The van der Waals surface area contributed by atoms with Gasteiger partial charge in [0.1, 0.15) is 17.6 Å². The molecule has 1 fully saturated rings. The minimum atomic E-state index is -5.01. The minimum absolute atomic E-state index is 0.0421. The highest BCUT2D eigenvalue weighted by molar-refractivity contribution is 5.63. The summed E-state index contributed by atoms with van der Waals surface area (Å²) in [5, 5.41) is 26.9. The van der Waals surface area contributed by atoms with Crippen molar-refractivity contribution in [1.29, 1.82) is 0 Å². The van der Waals surface area contributed by atoms with Crippen LogP contribution in [0.4, 0.5) is 26.7 Å². The van der Waals surface area contributed by atoms with Crippen LogP contribution in [-0.4, -0.2) is 66.9 Å². The Hall–Kier alpha value is -4.37. The van der Waals surface area contributed by atoms with Crippen LogP contribution in [0.1, 0.15) is 30.2 Å². The predicted molar refractivity (Wildman–Crippen MR) is 131 cm³/mol. The van der Waals surface area contributed by atoms with Gasteiger partial charge >= 0.3 is 12.3 Å². The molecule has 0 radical (unpaired) electrons. The van der Waals surface area contributed by atoms with Gasteiger partial charge in [0.2, 0.25) is 5.82 Å². The smallest absolute Gasteiger partial charge is 0.450 e. The highest BCUT2D eigenvalue weighted by atomic mass is 19.4. The number of hydrogen-bond donors (Lipinski definition) is 2. The summed E-state index contributed by atoms with van der Waals surface area (Å²) in [7, 11) is 0. The van der Waals surface area contributed by atoms with Gasteiger partial charge < -0.3 is 19.5 Å². The number of carbonyl (C=O) groups is 1. The van der Waals surface area contributed by atoms with Gasteiger partial charge in [0, 0.05) is 24.7 Å². The van der Waals surface area contributed by atoms with Crippen molar-refractivity contribution in [3.8, 4) is 28.5 Å². The molecule has 0 saturated carbocycles. The Labute approximate surface area is 228 Å². The van der Waals surface area contributed by atoms with Crippen LogP contribution in [0, 0.1) is 11.6 Å². The fourth-order valence-electron chi connectivity index (χ4n) is 4.69. The van der Waals surface area contributed by atoms with Gasteiger partial charge in [-0.15, -0.1) is 0 Å². The summed E-state index contributed by atoms with van der Waals surface area (Å²) in [5.74, 6) is -2.77. The summed E-state index contributed by atoms with van der Waals surface area (Å²) in [6.07, 6.45) is -5.60. The molecule has 1 aliphatic rings. The molecule has 41 heavy (non-hydrogen) atoms. The number of aliphatic hydroxyl groups is 1. The molecule has 4 aromatic rings. The maximum Gasteiger partial charge on any atom is 0.506 e. The van der Waals surface area contributed by atoms with E-state index in [0.717, 1.165) is 24.8 Å². The van der Waals surface area contributed by atoms with Gasteiger partial charge in [-0.05, 0) is 37.1 Å². The molecule has 2 aromatic carbocycles. The third-order valence-corrected chi connectivity index (χ3v) is 6.55. The number of halogens is 5. The summed E-state index contributed by atoms with van der Waals surface area (Å²) in [6.45, 7) is 1.27. The minimum Gasteiger partial charge on any atom is -0.450 e. The van der Waals surface area contributed by atoms with Gasteiger partial charge in [-0.3, -0.25) is 4.90 Å². The van der Waals surface area contributed by atoms with Crippen LogP contribution in [0.3, 0.4) is 0 Å². The van der Waals surface area contributed by atoms with Crippen LogP contribution in [0.2, 0.25) is 0 Å². The Bertz CT molecular complexity index is 1540. The Morgan fingerprint density at radius 1 is 1.17 bits per heavy atom. The van der Waals surface area contributed by atoms with Gasteiger partial charge in [-0.2, -0.15) is 23.3 Å². The van der Waals surface area contributed by atoms with Gasteiger partial charge in [-0.1, -0.05) is 29.4 Å². The number of likely N-dealkylation sites (tertiary alicyclic amines) is 1. The molecule has 10 nitrogen and oxygen atoms in total. The first-order valence-corrected chi connectivity index (χ1v) is 12.3. The Kier molecular flexibility index (Phi) is 7.73. The number of piperidine rings is 1. The lowest BCUT2D eigenvalue weighted by Crippen LogP contribution is -2.42. The van der Waals surface area contributed by atoms with Gasteiger partial charge in [0.15, 0.2) is 11.5 Å². The van der Waals surface area contributed by atoms with E-state index in [0.29, 0.717) is 41.4 Å². The summed E-state index contributed by atoms with van der Waals surface area (Å²) >= 11 is 0. The number of nitrogens with zero attached hydrogens (tertiary/aromatic N) is 5. The molecule has 5 rings (SSSR count). The topological polar surface area (TPSA) is 127 Å². The molecule has 2 N–H and O–H groups in total. The molecule has 15 heteroatoms. The first-order valence-electron chi connectivity index (χ1n) is 12.3. The van der Waals surface area contributed by atoms with Gasteiger partial charge in [-0.25, -0.2) is 18.3 Å². The van der Waals surface area contributed by atoms with Gasteiger partial charge in [0.05, 0.1) is 17.9 Å². The van der Waals surface area contributed by atoms with Crippen molar-refractivity contribution in [1.82, 2.24) is 24.8 Å². The molecule has 3 heterocycles. The Morgan fingerprint density at radius 2 is 1.93 bits per heavy atom. The lowest BCUT2D eigenvalue weighted by molar-refractivity contribution is -0.142. The van der Waals surface area contributed by atoms with Crippen molar-refractivity contribution in [2.75, 3.05) is 19.6 Å². The molecule has 0 spiro atoms. The maximum atomic E-state index is 14.3. The number of alkyl halides is 3. The van der Waals surface area contributed by atoms with E-state index in [1.807, 2.05) is 4.90 Å².